The van der Waals surface area contributed by atoms with E-state index in [4.69, 9.17) is 4.52 Å². The van der Waals surface area contributed by atoms with Gasteiger partial charge in [0.15, 0.2) is 11.5 Å². The van der Waals surface area contributed by atoms with Gasteiger partial charge in [-0.2, -0.15) is 4.98 Å². The quantitative estimate of drug-likeness (QED) is 0.591. The molecule has 0 saturated heterocycles. The highest BCUT2D eigenvalue weighted by molar-refractivity contribution is 5.86. The van der Waals surface area contributed by atoms with Gasteiger partial charge in [0.2, 0.25) is 0 Å². The number of nitrogens with zero attached hydrogens (tertiary/aromatic N) is 6. The standard InChI is InChI=1S/C18H19N7O/c1-11(19-3)10-15-21-18(26-23-15)16-12(2)25(24-22-16)14-8-4-6-13-7-5-9-20-17(13)14/h4-9,11,19H,10H2,1-3H3. The molecule has 132 valence electrons. The summed E-state index contributed by atoms with van der Waals surface area (Å²) in [7, 11) is 1.90. The zero-order valence-corrected chi connectivity index (χ0v) is 14.8. The maximum Gasteiger partial charge on any atom is 0.280 e. The molecule has 0 aliphatic carbocycles. The lowest BCUT2D eigenvalue weighted by atomic mass is 10.2. The second-order valence-corrected chi connectivity index (χ2v) is 6.20. The largest absolute Gasteiger partial charge is 0.332 e. The van der Waals surface area contributed by atoms with Crippen molar-refractivity contribution in [1.29, 1.82) is 0 Å². The van der Waals surface area contributed by atoms with Crippen LogP contribution in [0.3, 0.4) is 0 Å². The molecule has 3 heterocycles. The van der Waals surface area contributed by atoms with Crippen LogP contribution < -0.4 is 5.32 Å². The van der Waals surface area contributed by atoms with Crippen molar-refractivity contribution in [2.24, 2.45) is 0 Å². The summed E-state index contributed by atoms with van der Waals surface area (Å²) in [6, 6.07) is 10.2. The summed E-state index contributed by atoms with van der Waals surface area (Å²) in [5, 5.41) is 16.8. The van der Waals surface area contributed by atoms with Crippen molar-refractivity contribution < 1.29 is 4.52 Å². The summed E-state index contributed by atoms with van der Waals surface area (Å²) in [5.74, 6) is 1.02. The molecule has 4 rings (SSSR count). The zero-order chi connectivity index (χ0) is 18.1. The first-order valence-electron chi connectivity index (χ1n) is 8.44. The van der Waals surface area contributed by atoms with E-state index in [9.17, 15) is 0 Å². The Balaban J connectivity index is 1.73. The highest BCUT2D eigenvalue weighted by atomic mass is 16.5. The Morgan fingerprint density at radius 3 is 2.92 bits per heavy atom. The number of nitrogens with one attached hydrogen (secondary N) is 1. The number of pyridine rings is 1. The smallest absolute Gasteiger partial charge is 0.280 e. The first kappa shape index (κ1) is 16.3. The first-order chi connectivity index (χ1) is 12.7. The SMILES string of the molecule is CNC(C)Cc1noc(-c2nnn(-c3cccc4cccnc34)c2C)n1. The van der Waals surface area contributed by atoms with Gasteiger partial charge in [-0.1, -0.05) is 28.6 Å². The Hall–Kier alpha value is -3.13. The number of para-hydroxylation sites is 1. The third-order valence-corrected chi connectivity index (χ3v) is 4.39. The van der Waals surface area contributed by atoms with Crippen LogP contribution in [0.5, 0.6) is 0 Å². The van der Waals surface area contributed by atoms with E-state index in [-0.39, 0.29) is 6.04 Å². The van der Waals surface area contributed by atoms with Gasteiger partial charge in [-0.05, 0) is 33.0 Å². The maximum absolute atomic E-state index is 5.39. The molecular weight excluding hydrogens is 330 g/mol. The summed E-state index contributed by atoms with van der Waals surface area (Å²) in [6.07, 6.45) is 2.45. The molecule has 0 aliphatic rings. The van der Waals surface area contributed by atoms with Gasteiger partial charge < -0.3 is 9.84 Å². The van der Waals surface area contributed by atoms with E-state index >= 15 is 0 Å². The molecule has 0 aliphatic heterocycles. The number of likely N-dealkylation sites (N-methyl/N-ethyl adjacent to an activating group) is 1. The molecular formula is C18H19N7O. The zero-order valence-electron chi connectivity index (χ0n) is 14.8. The van der Waals surface area contributed by atoms with Gasteiger partial charge in [0.1, 0.15) is 0 Å². The molecule has 1 atom stereocenters. The number of benzene rings is 1. The average Bonchev–Trinajstić information content (AvgIpc) is 3.27. The van der Waals surface area contributed by atoms with Gasteiger partial charge >= 0.3 is 0 Å². The molecule has 0 spiro atoms. The van der Waals surface area contributed by atoms with E-state index in [1.165, 1.54) is 0 Å². The molecule has 0 amide bonds. The van der Waals surface area contributed by atoms with Crippen LogP contribution in [0, 0.1) is 6.92 Å². The molecule has 0 bridgehead atoms. The van der Waals surface area contributed by atoms with E-state index in [1.807, 2.05) is 44.3 Å². The Morgan fingerprint density at radius 1 is 1.23 bits per heavy atom. The Labute approximate surface area is 150 Å². The second kappa shape index (κ2) is 6.64. The van der Waals surface area contributed by atoms with Crippen LogP contribution in [0.4, 0.5) is 0 Å². The molecule has 1 unspecified atom stereocenters. The van der Waals surface area contributed by atoms with Crippen molar-refractivity contribution in [2.75, 3.05) is 7.05 Å². The van der Waals surface area contributed by atoms with E-state index in [0.29, 0.717) is 23.8 Å². The Bertz CT molecular complexity index is 1050. The van der Waals surface area contributed by atoms with Crippen molar-refractivity contribution in [3.05, 3.63) is 48.0 Å². The molecule has 0 fully saturated rings. The summed E-state index contributed by atoms with van der Waals surface area (Å²) in [6.45, 7) is 3.99. The van der Waals surface area contributed by atoms with Gasteiger partial charge in [-0.15, -0.1) is 5.10 Å². The molecule has 1 N–H and O–H groups in total. The summed E-state index contributed by atoms with van der Waals surface area (Å²) in [5.41, 5.74) is 3.13. The van der Waals surface area contributed by atoms with Crippen molar-refractivity contribution in [3.63, 3.8) is 0 Å². The number of fused-ring (bicyclic) bond motifs is 1. The number of aromatic nitrogens is 6. The van der Waals surface area contributed by atoms with Crippen LogP contribution in [0.25, 0.3) is 28.2 Å². The summed E-state index contributed by atoms with van der Waals surface area (Å²) < 4.78 is 7.15. The van der Waals surface area contributed by atoms with Gasteiger partial charge in [0.25, 0.3) is 5.89 Å². The topological polar surface area (TPSA) is 94.6 Å². The van der Waals surface area contributed by atoms with E-state index < -0.39 is 0 Å². The Kier molecular flexibility index (Phi) is 4.18. The average molecular weight is 349 g/mol. The molecule has 4 aromatic rings. The lowest BCUT2D eigenvalue weighted by molar-refractivity contribution is 0.417. The maximum atomic E-state index is 5.39. The molecule has 0 saturated carbocycles. The minimum atomic E-state index is 0.263. The minimum absolute atomic E-state index is 0.263. The minimum Gasteiger partial charge on any atom is -0.332 e. The van der Waals surface area contributed by atoms with Crippen molar-refractivity contribution >= 4 is 10.9 Å². The highest BCUT2D eigenvalue weighted by Gasteiger charge is 2.20. The number of hydrogen-bond acceptors (Lipinski definition) is 7. The fraction of sp³-hybridized carbons (Fsp3) is 0.278. The van der Waals surface area contributed by atoms with Gasteiger partial charge in [-0.25, -0.2) is 4.68 Å². The van der Waals surface area contributed by atoms with E-state index in [1.54, 1.807) is 10.9 Å². The normalized spacial score (nSPS) is 12.6. The molecule has 0 radical (unpaired) electrons. The fourth-order valence-electron chi connectivity index (χ4n) is 2.82. The van der Waals surface area contributed by atoms with Gasteiger partial charge in [-0.3, -0.25) is 4.98 Å². The fourth-order valence-corrected chi connectivity index (χ4v) is 2.82. The van der Waals surface area contributed by atoms with Crippen LogP contribution >= 0.6 is 0 Å². The lowest BCUT2D eigenvalue weighted by Crippen LogP contribution is -2.24. The van der Waals surface area contributed by atoms with Gasteiger partial charge in [0, 0.05) is 24.0 Å². The lowest BCUT2D eigenvalue weighted by Gasteiger charge is -2.06. The highest BCUT2D eigenvalue weighted by Crippen LogP contribution is 2.25. The van der Waals surface area contributed by atoms with Crippen LogP contribution in [-0.2, 0) is 6.42 Å². The molecule has 26 heavy (non-hydrogen) atoms. The van der Waals surface area contributed by atoms with Crippen LogP contribution in [0.1, 0.15) is 18.4 Å². The summed E-state index contributed by atoms with van der Waals surface area (Å²) >= 11 is 0. The van der Waals surface area contributed by atoms with E-state index in [2.05, 4.69) is 37.7 Å². The molecule has 8 nitrogen and oxygen atoms in total. The molecule has 3 aromatic heterocycles. The van der Waals surface area contributed by atoms with Crippen LogP contribution in [-0.4, -0.2) is 43.2 Å². The third kappa shape index (κ3) is 2.84. The Morgan fingerprint density at radius 2 is 2.08 bits per heavy atom. The van der Waals surface area contributed by atoms with E-state index in [0.717, 1.165) is 22.3 Å². The predicted molar refractivity (Wildman–Crippen MR) is 96.9 cm³/mol. The molecule has 1 aromatic carbocycles. The van der Waals surface area contributed by atoms with Crippen molar-refractivity contribution in [2.45, 2.75) is 26.3 Å². The predicted octanol–water partition coefficient (Wildman–Crippen LogP) is 2.32. The van der Waals surface area contributed by atoms with Crippen molar-refractivity contribution in [3.8, 4) is 17.3 Å². The van der Waals surface area contributed by atoms with Crippen molar-refractivity contribution in [1.82, 2.24) is 35.4 Å². The van der Waals surface area contributed by atoms with Crippen LogP contribution in [0.2, 0.25) is 0 Å². The van der Waals surface area contributed by atoms with Crippen LogP contribution in [0.15, 0.2) is 41.1 Å². The first-order valence-corrected chi connectivity index (χ1v) is 8.44. The number of rotatable bonds is 5. The molecule has 8 heteroatoms. The monoisotopic (exact) mass is 349 g/mol. The third-order valence-electron chi connectivity index (χ3n) is 4.39. The second-order valence-electron chi connectivity index (χ2n) is 6.20. The van der Waals surface area contributed by atoms with Gasteiger partial charge in [0.05, 0.1) is 16.9 Å². The number of hydrogen-bond donors (Lipinski definition) is 1. The summed E-state index contributed by atoms with van der Waals surface area (Å²) in [4.78, 5) is 8.93.